The number of nitrogens with zero attached hydrogens (tertiary/aromatic N) is 3. The van der Waals surface area contributed by atoms with Gasteiger partial charge >= 0.3 is 0 Å². The minimum Gasteiger partial charge on any atom is -0.379 e. The van der Waals surface area contributed by atoms with Gasteiger partial charge in [-0.2, -0.15) is 16.7 Å². The van der Waals surface area contributed by atoms with Gasteiger partial charge in [0.2, 0.25) is 5.82 Å². The molecule has 5 nitrogen and oxygen atoms in total. The fourth-order valence-electron chi connectivity index (χ4n) is 1.73. The summed E-state index contributed by atoms with van der Waals surface area (Å²) in [4.78, 5) is 8.37. The second-order valence-electron chi connectivity index (χ2n) is 3.97. The molecule has 1 aliphatic rings. The maximum absolute atomic E-state index is 10.3. The van der Waals surface area contributed by atoms with Gasteiger partial charge in [-0.05, 0) is 24.3 Å². The van der Waals surface area contributed by atoms with Gasteiger partial charge < -0.3 is 9.63 Å². The van der Waals surface area contributed by atoms with Gasteiger partial charge in [0.25, 0.3) is 5.89 Å². The summed E-state index contributed by atoms with van der Waals surface area (Å²) in [5, 5.41) is 14.1. The molecule has 88 valence electrons. The van der Waals surface area contributed by atoms with E-state index in [1.807, 2.05) is 18.2 Å². The first-order chi connectivity index (χ1) is 8.28. The minimum absolute atomic E-state index is 0.295. The number of hydrogen-bond donors (Lipinski definition) is 1. The Bertz CT molecular complexity index is 508. The topological polar surface area (TPSA) is 72.0 Å². The first-order valence-electron chi connectivity index (χ1n) is 5.34. The molecule has 0 bridgehead atoms. The van der Waals surface area contributed by atoms with Gasteiger partial charge in [-0.15, -0.1) is 0 Å². The van der Waals surface area contributed by atoms with E-state index >= 15 is 0 Å². The minimum atomic E-state index is -0.968. The number of pyridine rings is 1. The first-order valence-corrected chi connectivity index (χ1v) is 6.49. The molecule has 0 saturated carbocycles. The van der Waals surface area contributed by atoms with Crippen LogP contribution in [-0.4, -0.2) is 31.7 Å². The van der Waals surface area contributed by atoms with Crippen molar-refractivity contribution in [1.82, 2.24) is 15.1 Å². The number of aromatic nitrogens is 3. The van der Waals surface area contributed by atoms with Crippen molar-refractivity contribution in [3.63, 3.8) is 0 Å². The van der Waals surface area contributed by atoms with Crippen LogP contribution in [0.15, 0.2) is 28.9 Å². The van der Waals surface area contributed by atoms with E-state index in [9.17, 15) is 5.11 Å². The van der Waals surface area contributed by atoms with Crippen LogP contribution in [0.5, 0.6) is 0 Å². The Balaban J connectivity index is 1.93. The predicted molar refractivity (Wildman–Crippen MR) is 63.4 cm³/mol. The van der Waals surface area contributed by atoms with E-state index in [1.54, 1.807) is 18.0 Å². The molecule has 0 spiro atoms. The average Bonchev–Trinajstić information content (AvgIpc) is 2.99. The van der Waals surface area contributed by atoms with E-state index in [2.05, 4.69) is 15.1 Å². The normalized spacial score (nSPS) is 24.1. The lowest BCUT2D eigenvalue weighted by Gasteiger charge is -2.14. The second-order valence-corrected chi connectivity index (χ2v) is 5.08. The van der Waals surface area contributed by atoms with Gasteiger partial charge in [-0.25, -0.2) is 0 Å². The predicted octanol–water partition coefficient (Wildman–Crippen LogP) is 1.46. The van der Waals surface area contributed by atoms with Crippen molar-refractivity contribution in [2.75, 3.05) is 11.5 Å². The van der Waals surface area contributed by atoms with Crippen molar-refractivity contribution in [2.45, 2.75) is 12.0 Å². The third kappa shape index (κ3) is 1.94. The summed E-state index contributed by atoms with van der Waals surface area (Å²) >= 11 is 1.69. The van der Waals surface area contributed by atoms with Crippen LogP contribution < -0.4 is 0 Å². The van der Waals surface area contributed by atoms with Crippen molar-refractivity contribution in [3.05, 3.63) is 30.3 Å². The van der Waals surface area contributed by atoms with E-state index in [1.165, 1.54) is 0 Å². The zero-order valence-electron chi connectivity index (χ0n) is 9.04. The average molecular weight is 249 g/mol. The van der Waals surface area contributed by atoms with Gasteiger partial charge in [0.15, 0.2) is 5.60 Å². The summed E-state index contributed by atoms with van der Waals surface area (Å²) in [6.45, 7) is 0. The van der Waals surface area contributed by atoms with E-state index in [-0.39, 0.29) is 0 Å². The molecule has 0 aromatic carbocycles. The largest absolute Gasteiger partial charge is 0.379 e. The Morgan fingerprint density at radius 1 is 1.41 bits per heavy atom. The van der Waals surface area contributed by atoms with E-state index < -0.39 is 5.60 Å². The lowest BCUT2D eigenvalue weighted by Crippen LogP contribution is -2.25. The quantitative estimate of drug-likeness (QED) is 0.868. The monoisotopic (exact) mass is 249 g/mol. The highest BCUT2D eigenvalue weighted by molar-refractivity contribution is 7.99. The Morgan fingerprint density at radius 3 is 3.06 bits per heavy atom. The van der Waals surface area contributed by atoms with Crippen molar-refractivity contribution < 1.29 is 9.63 Å². The number of thioether (sulfide) groups is 1. The Labute approximate surface area is 102 Å². The number of hydrogen-bond acceptors (Lipinski definition) is 6. The molecule has 1 fully saturated rings. The molecule has 17 heavy (non-hydrogen) atoms. The molecular weight excluding hydrogens is 238 g/mol. The van der Waals surface area contributed by atoms with Crippen molar-refractivity contribution in [1.29, 1.82) is 0 Å². The Morgan fingerprint density at radius 2 is 2.35 bits per heavy atom. The van der Waals surface area contributed by atoms with Crippen LogP contribution in [0.2, 0.25) is 0 Å². The third-order valence-electron chi connectivity index (χ3n) is 2.72. The van der Waals surface area contributed by atoms with Crippen LogP contribution in [0.1, 0.15) is 12.3 Å². The van der Waals surface area contributed by atoms with Gasteiger partial charge in [0.1, 0.15) is 5.69 Å². The molecule has 3 rings (SSSR count). The number of aliphatic hydroxyl groups is 1. The molecule has 1 aliphatic heterocycles. The fraction of sp³-hybridized carbons (Fsp3) is 0.364. The van der Waals surface area contributed by atoms with Crippen molar-refractivity contribution in [2.24, 2.45) is 0 Å². The molecule has 1 N–H and O–H groups in total. The van der Waals surface area contributed by atoms with Crippen LogP contribution in [-0.2, 0) is 5.60 Å². The highest BCUT2D eigenvalue weighted by atomic mass is 32.2. The van der Waals surface area contributed by atoms with E-state index in [0.717, 1.165) is 5.75 Å². The summed E-state index contributed by atoms with van der Waals surface area (Å²) in [6.07, 6.45) is 2.33. The fourth-order valence-corrected chi connectivity index (χ4v) is 2.97. The van der Waals surface area contributed by atoms with Crippen LogP contribution in [0, 0.1) is 0 Å². The zero-order chi connectivity index (χ0) is 11.7. The molecule has 6 heteroatoms. The lowest BCUT2D eigenvalue weighted by atomic mass is 10.0. The highest BCUT2D eigenvalue weighted by Crippen LogP contribution is 2.36. The van der Waals surface area contributed by atoms with Crippen molar-refractivity contribution in [3.8, 4) is 11.5 Å². The van der Waals surface area contributed by atoms with Crippen LogP contribution >= 0.6 is 11.8 Å². The molecule has 1 unspecified atom stereocenters. The molecule has 3 heterocycles. The molecule has 0 radical (unpaired) electrons. The summed E-state index contributed by atoms with van der Waals surface area (Å²) in [6, 6.07) is 5.49. The number of rotatable bonds is 2. The molecule has 2 aromatic heterocycles. The summed E-state index contributed by atoms with van der Waals surface area (Å²) in [5.41, 5.74) is -0.318. The van der Waals surface area contributed by atoms with Gasteiger partial charge in [-0.3, -0.25) is 4.98 Å². The maximum atomic E-state index is 10.3. The van der Waals surface area contributed by atoms with Crippen molar-refractivity contribution >= 4 is 11.8 Å². The lowest BCUT2D eigenvalue weighted by molar-refractivity contribution is 0.0307. The van der Waals surface area contributed by atoms with E-state index in [0.29, 0.717) is 29.6 Å². The molecule has 1 saturated heterocycles. The SMILES string of the molecule is OC1(c2nc(-c3ccccn3)no2)CCSC1. The Hall–Kier alpha value is -1.40. The van der Waals surface area contributed by atoms with Crippen LogP contribution in [0.4, 0.5) is 0 Å². The molecule has 2 aromatic rings. The Kier molecular flexibility index (Phi) is 2.60. The standard InChI is InChI=1S/C11H11N3O2S/c15-11(4-6-17-7-11)10-13-9(14-16-10)8-3-1-2-5-12-8/h1-3,5,15H,4,6-7H2. The first kappa shape index (κ1) is 10.7. The third-order valence-corrected chi connectivity index (χ3v) is 3.89. The molecule has 0 amide bonds. The van der Waals surface area contributed by atoms with Gasteiger partial charge in [0, 0.05) is 11.9 Å². The molecule has 1 atom stereocenters. The van der Waals surface area contributed by atoms with Crippen LogP contribution in [0.3, 0.4) is 0 Å². The highest BCUT2D eigenvalue weighted by Gasteiger charge is 2.39. The van der Waals surface area contributed by atoms with Gasteiger partial charge in [0.05, 0.1) is 0 Å². The summed E-state index contributed by atoms with van der Waals surface area (Å²) in [5.74, 6) is 2.24. The second kappa shape index (κ2) is 4.12. The molecule has 0 aliphatic carbocycles. The van der Waals surface area contributed by atoms with E-state index in [4.69, 9.17) is 4.52 Å². The molecular formula is C11H11N3O2S. The smallest absolute Gasteiger partial charge is 0.259 e. The summed E-state index contributed by atoms with van der Waals surface area (Å²) < 4.78 is 5.14. The maximum Gasteiger partial charge on any atom is 0.259 e. The van der Waals surface area contributed by atoms with Crippen LogP contribution in [0.25, 0.3) is 11.5 Å². The zero-order valence-corrected chi connectivity index (χ0v) is 9.85. The summed E-state index contributed by atoms with van der Waals surface area (Å²) in [7, 11) is 0. The van der Waals surface area contributed by atoms with Gasteiger partial charge in [-0.1, -0.05) is 11.2 Å².